The molecule has 3 aromatic rings. The van der Waals surface area contributed by atoms with Crippen LogP contribution >= 0.6 is 0 Å². The predicted octanol–water partition coefficient (Wildman–Crippen LogP) is 0.605. The van der Waals surface area contributed by atoms with Gasteiger partial charge in [0.15, 0.2) is 0 Å². The molecular formula is C9H6N6. The zero-order chi connectivity index (χ0) is 10.1. The Morgan fingerprint density at radius 1 is 0.867 bits per heavy atom. The first-order valence-electron chi connectivity index (χ1n) is 4.38. The van der Waals surface area contributed by atoms with E-state index in [0.717, 1.165) is 11.0 Å². The van der Waals surface area contributed by atoms with Crippen LogP contribution in [0.5, 0.6) is 0 Å². The lowest BCUT2D eigenvalue weighted by molar-refractivity contribution is 0.707. The summed E-state index contributed by atoms with van der Waals surface area (Å²) in [5.74, 6) is 0.418. The van der Waals surface area contributed by atoms with Gasteiger partial charge in [0.25, 0.3) is 5.95 Å². The van der Waals surface area contributed by atoms with Crippen molar-refractivity contribution >= 4 is 11.0 Å². The fourth-order valence-electron chi connectivity index (χ4n) is 1.29. The van der Waals surface area contributed by atoms with E-state index in [9.17, 15) is 0 Å². The van der Waals surface area contributed by atoms with Crippen molar-refractivity contribution in [2.45, 2.75) is 0 Å². The highest BCUT2D eigenvalue weighted by Crippen LogP contribution is 2.08. The summed E-state index contributed by atoms with van der Waals surface area (Å²) >= 11 is 0. The number of hydrogen-bond acceptors (Lipinski definition) is 5. The monoisotopic (exact) mass is 198 g/mol. The second-order valence-corrected chi connectivity index (χ2v) is 2.92. The van der Waals surface area contributed by atoms with E-state index in [4.69, 9.17) is 0 Å². The Morgan fingerprint density at radius 2 is 1.47 bits per heavy atom. The molecule has 0 spiro atoms. The fourth-order valence-corrected chi connectivity index (χ4v) is 1.29. The molecule has 1 aromatic carbocycles. The van der Waals surface area contributed by atoms with Gasteiger partial charge in [-0.25, -0.2) is 4.98 Å². The van der Waals surface area contributed by atoms with Gasteiger partial charge < -0.3 is 0 Å². The highest BCUT2D eigenvalue weighted by Gasteiger charge is 2.04. The lowest BCUT2D eigenvalue weighted by Gasteiger charge is -1.92. The Balaban J connectivity index is 2.21. The van der Waals surface area contributed by atoms with E-state index >= 15 is 0 Å². The molecule has 0 radical (unpaired) electrons. The molecule has 6 heteroatoms. The first kappa shape index (κ1) is 7.98. The number of benzene rings is 1. The maximum atomic E-state index is 4.24. The first-order chi connectivity index (χ1) is 7.43. The van der Waals surface area contributed by atoms with Crippen LogP contribution in [0.2, 0.25) is 0 Å². The van der Waals surface area contributed by atoms with Crippen molar-refractivity contribution in [1.82, 2.24) is 29.9 Å². The lowest BCUT2D eigenvalue weighted by atomic mass is 10.3. The van der Waals surface area contributed by atoms with Gasteiger partial charge in [-0.3, -0.25) is 0 Å². The molecule has 0 N–H and O–H groups in total. The predicted molar refractivity (Wildman–Crippen MR) is 52.3 cm³/mol. The number of fused-ring (bicyclic) bond motifs is 1. The minimum absolute atomic E-state index is 0.418. The summed E-state index contributed by atoms with van der Waals surface area (Å²) in [4.78, 5) is 13.0. The van der Waals surface area contributed by atoms with E-state index in [-0.39, 0.29) is 0 Å². The van der Waals surface area contributed by atoms with Gasteiger partial charge in [-0.05, 0) is 12.1 Å². The Morgan fingerprint density at radius 3 is 2.07 bits per heavy atom. The number of aromatic nitrogens is 6. The summed E-state index contributed by atoms with van der Waals surface area (Å²) in [7, 11) is 0. The summed E-state index contributed by atoms with van der Waals surface area (Å²) in [5, 5.41) is 8.47. The highest BCUT2D eigenvalue weighted by molar-refractivity contribution is 5.73. The third-order valence-electron chi connectivity index (χ3n) is 1.95. The average molecular weight is 198 g/mol. The van der Waals surface area contributed by atoms with Crippen LogP contribution in [-0.4, -0.2) is 29.9 Å². The Labute approximate surface area is 84.6 Å². The van der Waals surface area contributed by atoms with E-state index in [2.05, 4.69) is 25.1 Å². The van der Waals surface area contributed by atoms with Gasteiger partial charge in [0.05, 0.1) is 0 Å². The SMILES string of the molecule is c1ccc2nn(-c3ncncn3)nc2c1. The third kappa shape index (κ3) is 1.32. The summed E-state index contributed by atoms with van der Waals surface area (Å²) in [6, 6.07) is 7.60. The van der Waals surface area contributed by atoms with Crippen LogP contribution in [0.25, 0.3) is 17.0 Å². The molecule has 0 atom stereocenters. The van der Waals surface area contributed by atoms with Crippen LogP contribution in [-0.2, 0) is 0 Å². The molecule has 0 unspecified atom stereocenters. The standard InChI is InChI=1S/C9H6N6/c1-2-4-8-7(3-1)13-15(14-8)9-11-5-10-6-12-9/h1-6H. The molecule has 2 heterocycles. The zero-order valence-electron chi connectivity index (χ0n) is 7.65. The van der Waals surface area contributed by atoms with Crippen molar-refractivity contribution in [3.63, 3.8) is 0 Å². The Hall–Kier alpha value is -2.37. The highest BCUT2D eigenvalue weighted by atomic mass is 15.5. The molecule has 15 heavy (non-hydrogen) atoms. The van der Waals surface area contributed by atoms with Gasteiger partial charge >= 0.3 is 0 Å². The molecule has 0 aliphatic rings. The van der Waals surface area contributed by atoms with E-state index in [0.29, 0.717) is 5.95 Å². The summed E-state index contributed by atoms with van der Waals surface area (Å²) < 4.78 is 0. The molecule has 3 rings (SSSR count). The molecular weight excluding hydrogens is 192 g/mol. The zero-order valence-corrected chi connectivity index (χ0v) is 7.65. The summed E-state index contributed by atoms with van der Waals surface area (Å²) in [5.41, 5.74) is 1.64. The Bertz CT molecular complexity index is 555. The van der Waals surface area contributed by atoms with Crippen LogP contribution in [0.1, 0.15) is 0 Å². The van der Waals surface area contributed by atoms with Gasteiger partial charge in [0, 0.05) is 0 Å². The van der Waals surface area contributed by atoms with Crippen LogP contribution in [0.3, 0.4) is 0 Å². The van der Waals surface area contributed by atoms with Crippen molar-refractivity contribution in [3.05, 3.63) is 36.9 Å². The molecule has 0 aliphatic heterocycles. The number of hydrogen-bond donors (Lipinski definition) is 0. The first-order valence-corrected chi connectivity index (χ1v) is 4.38. The minimum Gasteiger partial charge on any atom is -0.225 e. The molecule has 0 fully saturated rings. The maximum Gasteiger partial charge on any atom is 0.271 e. The Kier molecular flexibility index (Phi) is 1.64. The largest absolute Gasteiger partial charge is 0.271 e. The molecule has 0 aliphatic carbocycles. The average Bonchev–Trinajstić information content (AvgIpc) is 2.74. The van der Waals surface area contributed by atoms with Gasteiger partial charge in [-0.2, -0.15) is 9.97 Å². The van der Waals surface area contributed by atoms with E-state index in [1.165, 1.54) is 17.5 Å². The minimum atomic E-state index is 0.418. The van der Waals surface area contributed by atoms with Gasteiger partial charge in [0.2, 0.25) is 0 Å². The quantitative estimate of drug-likeness (QED) is 0.572. The topological polar surface area (TPSA) is 69.4 Å². The van der Waals surface area contributed by atoms with Crippen molar-refractivity contribution in [2.24, 2.45) is 0 Å². The van der Waals surface area contributed by atoms with E-state index in [1.807, 2.05) is 24.3 Å². The molecule has 0 amide bonds. The second-order valence-electron chi connectivity index (χ2n) is 2.92. The molecule has 0 saturated carbocycles. The normalized spacial score (nSPS) is 10.7. The molecule has 0 saturated heterocycles. The van der Waals surface area contributed by atoms with Crippen LogP contribution in [0.4, 0.5) is 0 Å². The molecule has 6 nitrogen and oxygen atoms in total. The molecule has 0 bridgehead atoms. The van der Waals surface area contributed by atoms with Crippen LogP contribution in [0.15, 0.2) is 36.9 Å². The van der Waals surface area contributed by atoms with Crippen molar-refractivity contribution in [3.8, 4) is 5.95 Å². The lowest BCUT2D eigenvalue weighted by Crippen LogP contribution is -2.04. The van der Waals surface area contributed by atoms with Crippen molar-refractivity contribution < 1.29 is 0 Å². The summed E-state index contributed by atoms with van der Waals surface area (Å²) in [6.45, 7) is 0. The van der Waals surface area contributed by atoms with Gasteiger partial charge in [0.1, 0.15) is 23.7 Å². The van der Waals surface area contributed by atoms with Gasteiger partial charge in [-0.15, -0.1) is 15.0 Å². The third-order valence-corrected chi connectivity index (χ3v) is 1.95. The molecule has 2 aromatic heterocycles. The van der Waals surface area contributed by atoms with Crippen LogP contribution < -0.4 is 0 Å². The van der Waals surface area contributed by atoms with Crippen molar-refractivity contribution in [1.29, 1.82) is 0 Å². The smallest absolute Gasteiger partial charge is 0.225 e. The van der Waals surface area contributed by atoms with E-state index in [1.54, 1.807) is 0 Å². The fraction of sp³-hybridized carbons (Fsp3) is 0. The second kappa shape index (κ2) is 3.09. The maximum absolute atomic E-state index is 4.24. The van der Waals surface area contributed by atoms with E-state index < -0.39 is 0 Å². The van der Waals surface area contributed by atoms with Gasteiger partial charge in [-0.1, -0.05) is 12.1 Å². The van der Waals surface area contributed by atoms with Crippen LogP contribution in [0, 0.1) is 0 Å². The number of nitrogens with zero attached hydrogens (tertiary/aromatic N) is 6. The molecule has 72 valence electrons. The number of rotatable bonds is 1. The van der Waals surface area contributed by atoms with Crippen molar-refractivity contribution in [2.75, 3.05) is 0 Å². The summed E-state index contributed by atoms with van der Waals surface area (Å²) in [6.07, 6.45) is 2.83.